The highest BCUT2D eigenvalue weighted by Gasteiger charge is 2.18. The number of unbranched alkanes of at least 4 members (excludes halogenated alkanes) is 1. The van der Waals surface area contributed by atoms with Crippen LogP contribution in [0.25, 0.3) is 26.6 Å². The number of alkyl carbamates (subject to hydrolysis) is 1. The van der Waals surface area contributed by atoms with Crippen LogP contribution >= 0.6 is 11.3 Å². The van der Waals surface area contributed by atoms with Crippen molar-refractivity contribution in [1.29, 1.82) is 0 Å². The molecule has 1 fully saturated rings. The zero-order chi connectivity index (χ0) is 28.3. The first kappa shape index (κ1) is 28.2. The predicted octanol–water partition coefficient (Wildman–Crippen LogP) is 6.61. The SMILES string of the molecule is CC(C)(C)OC(=O)NCc1ccc(-c2nc3sc4cc(C(=O)CCCCN5CCCCC5)ccc4n3n2)c(F)c1. The molecule has 0 saturated carbocycles. The van der Waals surface area contributed by atoms with Crippen molar-refractivity contribution in [3.63, 3.8) is 0 Å². The van der Waals surface area contributed by atoms with Crippen molar-refractivity contribution >= 4 is 38.4 Å². The molecule has 0 radical (unpaired) electrons. The van der Waals surface area contributed by atoms with E-state index in [1.807, 2.05) is 18.2 Å². The Labute approximate surface area is 237 Å². The molecule has 1 aliphatic heterocycles. The van der Waals surface area contributed by atoms with E-state index in [0.29, 0.717) is 22.5 Å². The van der Waals surface area contributed by atoms with Crippen molar-refractivity contribution in [3.8, 4) is 11.4 Å². The highest BCUT2D eigenvalue weighted by Crippen LogP contribution is 2.30. The number of carbonyl (C=O) groups excluding carboxylic acids is 2. The fourth-order valence-corrected chi connectivity index (χ4v) is 5.96. The number of halogens is 1. The van der Waals surface area contributed by atoms with Gasteiger partial charge in [0, 0.05) is 18.5 Å². The number of nitrogens with one attached hydrogen (secondary N) is 1. The number of carbonyl (C=O) groups is 2. The van der Waals surface area contributed by atoms with Crippen molar-refractivity contribution in [2.24, 2.45) is 0 Å². The van der Waals surface area contributed by atoms with Crippen molar-refractivity contribution in [2.45, 2.75) is 71.4 Å². The normalized spacial score (nSPS) is 14.6. The van der Waals surface area contributed by atoms with Crippen molar-refractivity contribution < 1.29 is 18.7 Å². The highest BCUT2D eigenvalue weighted by molar-refractivity contribution is 7.23. The standard InChI is InChI=1S/C30H36FN5O3S/c1-30(2,3)39-29(38)32-19-20-10-12-22(23(31)17-20)27-33-28-36(34-27)24-13-11-21(18-26(24)40-28)25(37)9-5-8-16-35-14-6-4-7-15-35/h10-13,17-18H,4-9,14-16,19H2,1-3H3,(H,32,38). The van der Waals surface area contributed by atoms with Gasteiger partial charge in [-0.2, -0.15) is 4.98 Å². The van der Waals surface area contributed by atoms with Crippen LogP contribution in [0.4, 0.5) is 9.18 Å². The summed E-state index contributed by atoms with van der Waals surface area (Å²) in [4.78, 5) is 32.4. The van der Waals surface area contributed by atoms with E-state index in [4.69, 9.17) is 4.74 Å². The van der Waals surface area contributed by atoms with Gasteiger partial charge >= 0.3 is 6.09 Å². The highest BCUT2D eigenvalue weighted by atomic mass is 32.1. The number of ketones is 1. The van der Waals surface area contributed by atoms with Gasteiger partial charge in [-0.15, -0.1) is 5.10 Å². The molecule has 1 aliphatic rings. The summed E-state index contributed by atoms with van der Waals surface area (Å²) in [5.41, 5.74) is 1.81. The topological polar surface area (TPSA) is 88.8 Å². The Morgan fingerprint density at radius 1 is 1.07 bits per heavy atom. The van der Waals surface area contributed by atoms with Crippen LogP contribution in [0.1, 0.15) is 75.2 Å². The minimum atomic E-state index is -0.605. The number of fused-ring (bicyclic) bond motifs is 3. The van der Waals surface area contributed by atoms with Crippen molar-refractivity contribution in [2.75, 3.05) is 19.6 Å². The Kier molecular flexibility index (Phi) is 8.46. The molecule has 0 atom stereocenters. The molecule has 0 aliphatic carbocycles. The molecule has 1 amide bonds. The average molecular weight is 566 g/mol. The van der Waals surface area contributed by atoms with Crippen molar-refractivity contribution in [1.82, 2.24) is 24.8 Å². The lowest BCUT2D eigenvalue weighted by atomic mass is 10.0. The third-order valence-electron chi connectivity index (χ3n) is 6.98. The molecule has 5 rings (SSSR count). The fraction of sp³-hybridized carbons (Fsp3) is 0.467. The summed E-state index contributed by atoms with van der Waals surface area (Å²) in [6.07, 6.45) is 5.84. The first-order chi connectivity index (χ1) is 19.2. The van der Waals surface area contributed by atoms with Crippen LogP contribution in [0.15, 0.2) is 36.4 Å². The van der Waals surface area contributed by atoms with Crippen LogP contribution < -0.4 is 5.32 Å². The number of hydrogen-bond acceptors (Lipinski definition) is 7. The molecular weight excluding hydrogens is 529 g/mol. The van der Waals surface area contributed by atoms with E-state index in [0.717, 1.165) is 29.6 Å². The number of likely N-dealkylation sites (tertiary alicyclic amines) is 1. The van der Waals surface area contributed by atoms with Gasteiger partial charge < -0.3 is 15.0 Å². The zero-order valence-corrected chi connectivity index (χ0v) is 24.2. The number of amides is 1. The van der Waals surface area contributed by atoms with E-state index in [1.54, 1.807) is 37.4 Å². The summed E-state index contributed by atoms with van der Waals surface area (Å²) in [5, 5.41) is 7.18. The Morgan fingerprint density at radius 2 is 1.88 bits per heavy atom. The van der Waals surface area contributed by atoms with Gasteiger partial charge in [-0.1, -0.05) is 23.8 Å². The summed E-state index contributed by atoms with van der Waals surface area (Å²) >= 11 is 1.43. The number of nitrogens with zero attached hydrogens (tertiary/aromatic N) is 4. The maximum atomic E-state index is 15.0. The summed E-state index contributed by atoms with van der Waals surface area (Å²) in [5.74, 6) is -0.0334. The fourth-order valence-electron chi connectivity index (χ4n) is 4.96. The monoisotopic (exact) mass is 565 g/mol. The van der Waals surface area contributed by atoms with E-state index < -0.39 is 17.5 Å². The summed E-state index contributed by atoms with van der Waals surface area (Å²) in [6.45, 7) is 8.94. The number of thiazole rings is 1. The lowest BCUT2D eigenvalue weighted by molar-refractivity contribution is 0.0523. The van der Waals surface area contributed by atoms with Crippen LogP contribution in [0.5, 0.6) is 0 Å². The van der Waals surface area contributed by atoms with Crippen LogP contribution in [-0.2, 0) is 11.3 Å². The molecule has 3 heterocycles. The minimum Gasteiger partial charge on any atom is -0.444 e. The summed E-state index contributed by atoms with van der Waals surface area (Å²) < 4.78 is 22.8. The van der Waals surface area contributed by atoms with Gasteiger partial charge in [-0.3, -0.25) is 4.79 Å². The Morgan fingerprint density at radius 3 is 2.62 bits per heavy atom. The molecule has 0 spiro atoms. The quantitative estimate of drug-likeness (QED) is 0.181. The van der Waals surface area contributed by atoms with E-state index >= 15 is 0 Å². The van der Waals surface area contributed by atoms with E-state index in [2.05, 4.69) is 20.3 Å². The van der Waals surface area contributed by atoms with Crippen LogP contribution in [0, 0.1) is 5.82 Å². The largest absolute Gasteiger partial charge is 0.444 e. The molecule has 0 unspecified atom stereocenters. The summed E-state index contributed by atoms with van der Waals surface area (Å²) in [7, 11) is 0. The third-order valence-corrected chi connectivity index (χ3v) is 7.97. The molecule has 212 valence electrons. The van der Waals surface area contributed by atoms with Crippen LogP contribution in [-0.4, -0.2) is 56.6 Å². The number of Topliss-reactive ketones (excluding diaryl/α,β-unsaturated/α-hetero) is 1. The second-order valence-corrected chi connectivity index (χ2v) is 12.4. The minimum absolute atomic E-state index is 0.141. The summed E-state index contributed by atoms with van der Waals surface area (Å²) in [6, 6.07) is 10.4. The van der Waals surface area contributed by atoms with Gasteiger partial charge in [-0.05, 0) is 102 Å². The van der Waals surface area contributed by atoms with Gasteiger partial charge in [0.25, 0.3) is 0 Å². The number of aromatic nitrogens is 3. The first-order valence-corrected chi connectivity index (χ1v) is 14.8. The second kappa shape index (κ2) is 12.0. The zero-order valence-electron chi connectivity index (χ0n) is 23.3. The first-order valence-electron chi connectivity index (χ1n) is 14.0. The smallest absolute Gasteiger partial charge is 0.407 e. The molecule has 2 aromatic carbocycles. The molecule has 40 heavy (non-hydrogen) atoms. The maximum absolute atomic E-state index is 15.0. The maximum Gasteiger partial charge on any atom is 0.407 e. The van der Waals surface area contributed by atoms with Gasteiger partial charge in [0.05, 0.1) is 15.8 Å². The molecule has 2 aromatic heterocycles. The van der Waals surface area contributed by atoms with E-state index in [9.17, 15) is 14.0 Å². The van der Waals surface area contributed by atoms with E-state index in [1.165, 1.54) is 49.8 Å². The predicted molar refractivity (Wildman–Crippen MR) is 155 cm³/mol. The molecule has 1 N–H and O–H groups in total. The van der Waals surface area contributed by atoms with Crippen LogP contribution in [0.2, 0.25) is 0 Å². The Balaban J connectivity index is 1.22. The van der Waals surface area contributed by atoms with Gasteiger partial charge in [-0.25, -0.2) is 13.7 Å². The number of hydrogen-bond donors (Lipinski definition) is 1. The molecule has 8 nitrogen and oxygen atoms in total. The van der Waals surface area contributed by atoms with Crippen LogP contribution in [0.3, 0.4) is 0 Å². The Hall–Kier alpha value is -3.37. The Bertz CT molecular complexity index is 1520. The molecular formula is C30H36FN5O3S. The number of piperidine rings is 1. The molecule has 4 aromatic rings. The van der Waals surface area contributed by atoms with Gasteiger partial charge in [0.1, 0.15) is 11.4 Å². The number of rotatable bonds is 9. The lowest BCUT2D eigenvalue weighted by Crippen LogP contribution is -2.32. The van der Waals surface area contributed by atoms with Gasteiger partial charge in [0.2, 0.25) is 4.96 Å². The van der Waals surface area contributed by atoms with E-state index in [-0.39, 0.29) is 23.7 Å². The molecule has 0 bridgehead atoms. The lowest BCUT2D eigenvalue weighted by Gasteiger charge is -2.26. The van der Waals surface area contributed by atoms with Crippen molar-refractivity contribution in [3.05, 3.63) is 53.3 Å². The molecule has 10 heteroatoms. The average Bonchev–Trinajstić information content (AvgIpc) is 3.47. The number of benzene rings is 2. The third kappa shape index (κ3) is 6.85. The van der Waals surface area contributed by atoms with Gasteiger partial charge in [0.15, 0.2) is 11.6 Å². The number of ether oxygens (including phenoxy) is 1. The molecule has 1 saturated heterocycles. The second-order valence-electron chi connectivity index (χ2n) is 11.4.